The normalized spacial score (nSPS) is 19.0. The standard InChI is InChI=1S/C11H14ClNO/c12-10-7-13-5-2-9(10)6-11(8-14)3-1-4-11/h2,5,7,14H,1,3-4,6,8H2. The van der Waals surface area contributed by atoms with Crippen LogP contribution in [0.4, 0.5) is 0 Å². The Morgan fingerprint density at radius 2 is 2.29 bits per heavy atom. The Hall–Kier alpha value is -0.600. The van der Waals surface area contributed by atoms with Crippen LogP contribution in [0.2, 0.25) is 5.02 Å². The Labute approximate surface area is 88.9 Å². The molecule has 0 aromatic carbocycles. The lowest BCUT2D eigenvalue weighted by molar-refractivity contribution is 0.0450. The Balaban J connectivity index is 2.13. The van der Waals surface area contributed by atoms with Gasteiger partial charge in [-0.25, -0.2) is 0 Å². The Morgan fingerprint density at radius 3 is 2.79 bits per heavy atom. The molecule has 2 rings (SSSR count). The van der Waals surface area contributed by atoms with Crippen molar-refractivity contribution in [3.8, 4) is 0 Å². The van der Waals surface area contributed by atoms with Gasteiger partial charge in [0, 0.05) is 19.0 Å². The van der Waals surface area contributed by atoms with Crippen molar-refractivity contribution < 1.29 is 5.11 Å². The largest absolute Gasteiger partial charge is 0.396 e. The molecule has 14 heavy (non-hydrogen) atoms. The zero-order chi connectivity index (χ0) is 10.0. The Kier molecular flexibility index (Phi) is 2.75. The molecule has 0 aliphatic heterocycles. The first-order valence-corrected chi connectivity index (χ1v) is 5.33. The van der Waals surface area contributed by atoms with Gasteiger partial charge in [0.2, 0.25) is 0 Å². The van der Waals surface area contributed by atoms with E-state index in [4.69, 9.17) is 11.6 Å². The van der Waals surface area contributed by atoms with Gasteiger partial charge in [-0.3, -0.25) is 4.98 Å². The van der Waals surface area contributed by atoms with Crippen LogP contribution in [0.1, 0.15) is 24.8 Å². The van der Waals surface area contributed by atoms with Crippen molar-refractivity contribution >= 4 is 11.6 Å². The van der Waals surface area contributed by atoms with Crippen molar-refractivity contribution in [3.05, 3.63) is 29.0 Å². The van der Waals surface area contributed by atoms with E-state index in [2.05, 4.69) is 4.98 Å². The molecule has 0 saturated heterocycles. The second kappa shape index (κ2) is 3.87. The Morgan fingerprint density at radius 1 is 1.50 bits per heavy atom. The summed E-state index contributed by atoms with van der Waals surface area (Å²) in [4.78, 5) is 3.95. The highest BCUT2D eigenvalue weighted by Gasteiger charge is 2.36. The van der Waals surface area contributed by atoms with Gasteiger partial charge in [-0.2, -0.15) is 0 Å². The monoisotopic (exact) mass is 211 g/mol. The molecule has 1 saturated carbocycles. The summed E-state index contributed by atoms with van der Waals surface area (Å²) in [7, 11) is 0. The zero-order valence-corrected chi connectivity index (χ0v) is 8.80. The molecule has 1 heterocycles. The topological polar surface area (TPSA) is 33.1 Å². The van der Waals surface area contributed by atoms with Crippen molar-refractivity contribution in [2.24, 2.45) is 5.41 Å². The third-order valence-electron chi connectivity index (χ3n) is 3.17. The van der Waals surface area contributed by atoms with Crippen LogP contribution in [-0.4, -0.2) is 16.7 Å². The van der Waals surface area contributed by atoms with Gasteiger partial charge in [-0.15, -0.1) is 0 Å². The molecule has 3 heteroatoms. The summed E-state index contributed by atoms with van der Waals surface area (Å²) in [6.45, 7) is 0.269. The number of aromatic nitrogens is 1. The molecule has 1 aliphatic rings. The van der Waals surface area contributed by atoms with Gasteiger partial charge < -0.3 is 5.11 Å². The maximum Gasteiger partial charge on any atom is 0.0621 e. The molecule has 2 nitrogen and oxygen atoms in total. The van der Waals surface area contributed by atoms with Crippen LogP contribution < -0.4 is 0 Å². The molecular formula is C11H14ClNO. The fraction of sp³-hybridized carbons (Fsp3) is 0.545. The highest BCUT2D eigenvalue weighted by atomic mass is 35.5. The van der Waals surface area contributed by atoms with Crippen molar-refractivity contribution in [3.63, 3.8) is 0 Å². The number of rotatable bonds is 3. The summed E-state index contributed by atoms with van der Waals surface area (Å²) in [5.41, 5.74) is 1.21. The second-order valence-corrected chi connectivity index (χ2v) is 4.56. The molecule has 76 valence electrons. The number of aliphatic hydroxyl groups is 1. The molecule has 0 radical (unpaired) electrons. The van der Waals surface area contributed by atoms with Gasteiger partial charge in [-0.1, -0.05) is 18.0 Å². The molecule has 1 N–H and O–H groups in total. The molecule has 0 spiro atoms. The highest BCUT2D eigenvalue weighted by molar-refractivity contribution is 6.31. The zero-order valence-electron chi connectivity index (χ0n) is 8.04. The molecule has 1 aliphatic carbocycles. The summed E-state index contributed by atoms with van der Waals surface area (Å²) in [5, 5.41) is 10.0. The van der Waals surface area contributed by atoms with Crippen LogP contribution in [0.5, 0.6) is 0 Å². The van der Waals surface area contributed by atoms with Crippen molar-refractivity contribution in [1.29, 1.82) is 0 Å². The lowest BCUT2D eigenvalue weighted by Crippen LogP contribution is -2.35. The van der Waals surface area contributed by atoms with Crippen LogP contribution in [0, 0.1) is 5.41 Å². The van der Waals surface area contributed by atoms with Gasteiger partial charge in [0.1, 0.15) is 0 Å². The number of nitrogens with zero attached hydrogens (tertiary/aromatic N) is 1. The second-order valence-electron chi connectivity index (χ2n) is 4.16. The molecule has 0 unspecified atom stereocenters. The number of halogens is 1. The minimum atomic E-state index is 0.102. The van der Waals surface area contributed by atoms with Crippen LogP contribution in [0.25, 0.3) is 0 Å². The smallest absolute Gasteiger partial charge is 0.0621 e. The Bertz CT molecular complexity index is 317. The molecule has 0 atom stereocenters. The van der Waals surface area contributed by atoms with E-state index < -0.39 is 0 Å². The maximum atomic E-state index is 9.33. The quantitative estimate of drug-likeness (QED) is 0.833. The first-order valence-electron chi connectivity index (χ1n) is 4.95. The molecule has 0 amide bonds. The molecule has 1 fully saturated rings. The van der Waals surface area contributed by atoms with Crippen molar-refractivity contribution in [2.75, 3.05) is 6.61 Å². The maximum absolute atomic E-state index is 9.33. The van der Waals surface area contributed by atoms with Crippen LogP contribution >= 0.6 is 11.6 Å². The molecule has 1 aromatic rings. The van der Waals surface area contributed by atoms with Gasteiger partial charge in [0.05, 0.1) is 5.02 Å². The minimum Gasteiger partial charge on any atom is -0.396 e. The predicted octanol–water partition coefficient (Wildman–Crippen LogP) is 2.44. The SMILES string of the molecule is OCC1(Cc2ccncc2Cl)CCC1. The summed E-state index contributed by atoms with van der Waals surface area (Å²) >= 11 is 6.02. The van der Waals surface area contributed by atoms with Crippen LogP contribution in [0.3, 0.4) is 0 Å². The fourth-order valence-electron chi connectivity index (χ4n) is 2.02. The number of hydrogen-bond donors (Lipinski definition) is 1. The van der Waals surface area contributed by atoms with Crippen molar-refractivity contribution in [2.45, 2.75) is 25.7 Å². The molecule has 1 aromatic heterocycles. The first kappa shape index (κ1) is 9.94. The molecule has 0 bridgehead atoms. The number of hydrogen-bond acceptors (Lipinski definition) is 2. The number of aliphatic hydroxyl groups excluding tert-OH is 1. The third-order valence-corrected chi connectivity index (χ3v) is 3.51. The average Bonchev–Trinajstić information content (AvgIpc) is 2.14. The fourth-order valence-corrected chi connectivity index (χ4v) is 2.21. The van der Waals surface area contributed by atoms with Gasteiger partial charge in [0.15, 0.2) is 0 Å². The number of pyridine rings is 1. The van der Waals surface area contributed by atoms with E-state index in [1.54, 1.807) is 12.4 Å². The third kappa shape index (κ3) is 1.77. The molecular weight excluding hydrogens is 198 g/mol. The lowest BCUT2D eigenvalue weighted by atomic mass is 9.66. The van der Waals surface area contributed by atoms with Gasteiger partial charge >= 0.3 is 0 Å². The summed E-state index contributed by atoms with van der Waals surface area (Å²) in [6.07, 6.45) is 7.75. The van der Waals surface area contributed by atoms with E-state index in [-0.39, 0.29) is 12.0 Å². The average molecular weight is 212 g/mol. The predicted molar refractivity (Wildman–Crippen MR) is 56.3 cm³/mol. The van der Waals surface area contributed by atoms with E-state index in [1.807, 2.05) is 6.07 Å². The van der Waals surface area contributed by atoms with E-state index in [1.165, 1.54) is 6.42 Å². The van der Waals surface area contributed by atoms with E-state index in [9.17, 15) is 5.11 Å². The first-order chi connectivity index (χ1) is 6.76. The lowest BCUT2D eigenvalue weighted by Gasteiger charge is -2.40. The van der Waals surface area contributed by atoms with Gasteiger partial charge in [0.25, 0.3) is 0 Å². The van der Waals surface area contributed by atoms with E-state index in [0.29, 0.717) is 5.02 Å². The minimum absolute atomic E-state index is 0.102. The summed E-state index contributed by atoms with van der Waals surface area (Å²) < 4.78 is 0. The van der Waals surface area contributed by atoms with E-state index >= 15 is 0 Å². The van der Waals surface area contributed by atoms with Crippen LogP contribution in [-0.2, 0) is 6.42 Å². The van der Waals surface area contributed by atoms with Gasteiger partial charge in [-0.05, 0) is 36.3 Å². The summed E-state index contributed by atoms with van der Waals surface area (Å²) in [5.74, 6) is 0. The van der Waals surface area contributed by atoms with E-state index in [0.717, 1.165) is 24.8 Å². The summed E-state index contributed by atoms with van der Waals surface area (Å²) in [6, 6.07) is 1.94. The van der Waals surface area contributed by atoms with Crippen molar-refractivity contribution in [1.82, 2.24) is 4.98 Å². The highest BCUT2D eigenvalue weighted by Crippen LogP contribution is 2.43. The van der Waals surface area contributed by atoms with Crippen LogP contribution in [0.15, 0.2) is 18.5 Å².